The van der Waals surface area contributed by atoms with Crippen LogP contribution in [0.25, 0.3) is 5.65 Å². The Morgan fingerprint density at radius 2 is 1.77 bits per heavy atom. The number of rotatable bonds is 7. The van der Waals surface area contributed by atoms with E-state index in [1.165, 1.54) is 42.6 Å². The molecule has 14 heteroatoms. The number of piperidine rings is 2. The Kier molecular flexibility index (Phi) is 7.55. The number of aromatic nitrogens is 3. The Hall–Kier alpha value is -3.07. The number of nitrogens with zero attached hydrogens (tertiary/aromatic N) is 4. The first kappa shape index (κ1) is 30.0. The molecule has 3 fully saturated rings. The lowest BCUT2D eigenvalue weighted by Gasteiger charge is -2.34. The van der Waals surface area contributed by atoms with E-state index in [1.54, 1.807) is 10.5 Å². The molecule has 43 heavy (non-hydrogen) atoms. The van der Waals surface area contributed by atoms with E-state index in [0.717, 1.165) is 0 Å². The highest BCUT2D eigenvalue weighted by Gasteiger charge is 2.58. The standard InChI is InChI=1S/C29H35F3N6O4S/c1-28(2,40)24-23(36-27(39)21-5-3-4-20(34-21)19-14-29(19,31)32)16-37-15-22(35-26(37)25(24)30)17-8-12-38(13-9-17)43(41,42)18-6-10-33-11-7-18/h3-5,15-19,33,40H,6-14H2,1-2H3,(H,36,39). The highest BCUT2D eigenvalue weighted by Crippen LogP contribution is 2.55. The van der Waals surface area contributed by atoms with Gasteiger partial charge < -0.3 is 20.1 Å². The van der Waals surface area contributed by atoms with Gasteiger partial charge in [0.2, 0.25) is 10.0 Å². The van der Waals surface area contributed by atoms with Gasteiger partial charge in [0.25, 0.3) is 11.8 Å². The average Bonchev–Trinajstić information content (AvgIpc) is 3.40. The highest BCUT2D eigenvalue weighted by atomic mass is 32.2. The largest absolute Gasteiger partial charge is 0.386 e. The molecule has 3 aliphatic rings. The number of carbonyl (C=O) groups is 1. The van der Waals surface area contributed by atoms with Crippen molar-refractivity contribution in [1.29, 1.82) is 0 Å². The third kappa shape index (κ3) is 5.77. The van der Waals surface area contributed by atoms with Crippen LogP contribution in [0, 0.1) is 5.82 Å². The number of halogens is 3. The van der Waals surface area contributed by atoms with E-state index in [4.69, 9.17) is 0 Å². The summed E-state index contributed by atoms with van der Waals surface area (Å²) in [5, 5.41) is 16.3. The van der Waals surface area contributed by atoms with Gasteiger partial charge in [0.1, 0.15) is 5.69 Å². The number of hydrogen-bond acceptors (Lipinski definition) is 7. The van der Waals surface area contributed by atoms with Gasteiger partial charge in [-0.15, -0.1) is 0 Å². The minimum Gasteiger partial charge on any atom is -0.386 e. The van der Waals surface area contributed by atoms with Gasteiger partial charge in [0, 0.05) is 43.4 Å². The molecular weight excluding hydrogens is 585 g/mol. The molecule has 6 rings (SSSR count). The summed E-state index contributed by atoms with van der Waals surface area (Å²) in [6.07, 6.45) is 5.02. The second-order valence-electron chi connectivity index (χ2n) is 12.3. The summed E-state index contributed by atoms with van der Waals surface area (Å²) in [6.45, 7) is 4.84. The Balaban J connectivity index is 1.24. The van der Waals surface area contributed by atoms with Crippen molar-refractivity contribution in [2.24, 2.45) is 0 Å². The Morgan fingerprint density at radius 3 is 2.40 bits per heavy atom. The molecule has 0 spiro atoms. The third-order valence-corrected chi connectivity index (χ3v) is 11.1. The maximum Gasteiger partial charge on any atom is 0.274 e. The van der Waals surface area contributed by atoms with Gasteiger partial charge in [-0.3, -0.25) is 4.79 Å². The predicted molar refractivity (Wildman–Crippen MR) is 153 cm³/mol. The van der Waals surface area contributed by atoms with Crippen molar-refractivity contribution in [2.75, 3.05) is 31.5 Å². The average molecular weight is 621 g/mol. The van der Waals surface area contributed by atoms with Crippen LogP contribution >= 0.6 is 0 Å². The summed E-state index contributed by atoms with van der Waals surface area (Å²) in [6, 6.07) is 4.29. The number of alkyl halides is 2. The van der Waals surface area contributed by atoms with Gasteiger partial charge in [0.15, 0.2) is 11.5 Å². The van der Waals surface area contributed by atoms with Crippen molar-refractivity contribution in [3.05, 3.63) is 59.1 Å². The number of imidazole rings is 1. The van der Waals surface area contributed by atoms with E-state index in [9.17, 15) is 27.1 Å². The molecule has 232 valence electrons. The monoisotopic (exact) mass is 620 g/mol. The molecule has 1 aliphatic carbocycles. The molecular formula is C29H35F3N6O4S. The quantitative estimate of drug-likeness (QED) is 0.367. The van der Waals surface area contributed by atoms with Crippen LogP contribution in [0.3, 0.4) is 0 Å². The molecule has 5 heterocycles. The summed E-state index contributed by atoms with van der Waals surface area (Å²) >= 11 is 0. The van der Waals surface area contributed by atoms with Gasteiger partial charge in [-0.25, -0.2) is 35.9 Å². The zero-order valence-corrected chi connectivity index (χ0v) is 24.8. The first-order chi connectivity index (χ1) is 20.3. The number of fused-ring (bicyclic) bond motifs is 1. The van der Waals surface area contributed by atoms with Crippen LogP contribution in [0.15, 0.2) is 30.6 Å². The van der Waals surface area contributed by atoms with Gasteiger partial charge >= 0.3 is 0 Å². The number of hydrogen-bond donors (Lipinski definition) is 3. The Morgan fingerprint density at radius 1 is 1.09 bits per heavy atom. The van der Waals surface area contributed by atoms with Crippen molar-refractivity contribution in [1.82, 2.24) is 24.0 Å². The molecule has 1 amide bonds. The van der Waals surface area contributed by atoms with Crippen LogP contribution in [0.5, 0.6) is 0 Å². The summed E-state index contributed by atoms with van der Waals surface area (Å²) < 4.78 is 72.4. The number of nitrogens with one attached hydrogen (secondary N) is 2. The summed E-state index contributed by atoms with van der Waals surface area (Å²) in [4.78, 5) is 21.8. The first-order valence-electron chi connectivity index (χ1n) is 14.6. The molecule has 1 atom stereocenters. The number of carbonyl (C=O) groups excluding carboxylic acids is 1. The number of anilines is 1. The van der Waals surface area contributed by atoms with Crippen LogP contribution in [0.2, 0.25) is 0 Å². The minimum atomic E-state index is -3.40. The number of sulfonamides is 1. The van der Waals surface area contributed by atoms with Crippen LogP contribution in [0.1, 0.15) is 85.2 Å². The van der Waals surface area contributed by atoms with Crippen molar-refractivity contribution >= 4 is 27.3 Å². The molecule has 3 aromatic rings. The molecule has 1 saturated carbocycles. The van der Waals surface area contributed by atoms with E-state index < -0.39 is 39.2 Å². The highest BCUT2D eigenvalue weighted by molar-refractivity contribution is 7.89. The fraction of sp³-hybridized carbons (Fsp3) is 0.552. The number of amides is 1. The summed E-state index contributed by atoms with van der Waals surface area (Å²) in [7, 11) is -3.40. The predicted octanol–water partition coefficient (Wildman–Crippen LogP) is 3.73. The van der Waals surface area contributed by atoms with Gasteiger partial charge in [0.05, 0.1) is 33.8 Å². The number of aliphatic hydroxyl groups is 1. The van der Waals surface area contributed by atoms with Crippen LogP contribution in [0.4, 0.5) is 18.9 Å². The van der Waals surface area contributed by atoms with Crippen LogP contribution < -0.4 is 10.6 Å². The van der Waals surface area contributed by atoms with Gasteiger partial charge in [-0.2, -0.15) is 0 Å². The number of pyridine rings is 2. The second kappa shape index (κ2) is 10.8. The fourth-order valence-corrected chi connectivity index (χ4v) is 8.17. The van der Waals surface area contributed by atoms with E-state index >= 15 is 4.39 Å². The first-order valence-corrected chi connectivity index (χ1v) is 16.1. The fourth-order valence-electron chi connectivity index (χ4n) is 6.20. The Labute approximate surface area is 247 Å². The lowest BCUT2D eigenvalue weighted by atomic mass is 9.95. The third-order valence-electron chi connectivity index (χ3n) is 8.69. The van der Waals surface area contributed by atoms with Crippen molar-refractivity contribution in [3.8, 4) is 0 Å². The van der Waals surface area contributed by atoms with E-state index in [0.29, 0.717) is 57.6 Å². The van der Waals surface area contributed by atoms with Crippen molar-refractivity contribution < 1.29 is 31.5 Å². The summed E-state index contributed by atoms with van der Waals surface area (Å²) in [5.41, 5.74) is -1.36. The molecule has 2 saturated heterocycles. The van der Waals surface area contributed by atoms with Crippen LogP contribution in [-0.2, 0) is 15.6 Å². The molecule has 0 aromatic carbocycles. The SMILES string of the molecule is CC(C)(O)c1c(NC(=O)c2cccc(C3CC3(F)F)n2)cn2cc(C3CCN(S(=O)(=O)C4CCNCC4)CC3)nc2c1F. The molecule has 10 nitrogen and oxygen atoms in total. The van der Waals surface area contributed by atoms with Gasteiger partial charge in [-0.1, -0.05) is 6.07 Å². The molecule has 0 bridgehead atoms. The maximum absolute atomic E-state index is 16.0. The van der Waals surface area contributed by atoms with Crippen LogP contribution in [-0.4, -0.2) is 75.5 Å². The smallest absolute Gasteiger partial charge is 0.274 e. The summed E-state index contributed by atoms with van der Waals surface area (Å²) in [5.74, 6) is -5.54. The molecule has 0 radical (unpaired) electrons. The Bertz CT molecular complexity index is 1660. The molecule has 2 aliphatic heterocycles. The zero-order chi connectivity index (χ0) is 30.7. The normalized spacial score (nSPS) is 22.1. The molecule has 3 aromatic heterocycles. The van der Waals surface area contributed by atoms with E-state index in [2.05, 4.69) is 20.6 Å². The van der Waals surface area contributed by atoms with Gasteiger partial charge in [-0.05, 0) is 64.8 Å². The maximum atomic E-state index is 16.0. The topological polar surface area (TPSA) is 129 Å². The lowest BCUT2D eigenvalue weighted by molar-refractivity contribution is 0.0753. The molecule has 3 N–H and O–H groups in total. The molecule has 1 unspecified atom stereocenters. The zero-order valence-electron chi connectivity index (χ0n) is 24.0. The second-order valence-corrected chi connectivity index (χ2v) is 14.5. The lowest BCUT2D eigenvalue weighted by Crippen LogP contribution is -2.46. The van der Waals surface area contributed by atoms with Crippen molar-refractivity contribution in [2.45, 2.75) is 74.6 Å². The van der Waals surface area contributed by atoms with E-state index in [-0.39, 0.29) is 45.9 Å². The van der Waals surface area contributed by atoms with Crippen molar-refractivity contribution in [3.63, 3.8) is 0 Å². The minimum absolute atomic E-state index is 0.0155. The van der Waals surface area contributed by atoms with E-state index in [1.807, 2.05) is 0 Å².